The smallest absolute Gasteiger partial charge is 0.0669 e. The van der Waals surface area contributed by atoms with Crippen molar-refractivity contribution in [3.05, 3.63) is 29.8 Å². The molecule has 1 rings (SSSR count). The van der Waals surface area contributed by atoms with E-state index in [1.165, 1.54) is 10.5 Å². The molecule has 0 heterocycles. The van der Waals surface area contributed by atoms with E-state index in [2.05, 4.69) is 55.5 Å². The van der Waals surface area contributed by atoms with Gasteiger partial charge in [0, 0.05) is 18.0 Å². The van der Waals surface area contributed by atoms with Crippen molar-refractivity contribution in [1.29, 1.82) is 5.26 Å². The molecule has 92 valence electrons. The van der Waals surface area contributed by atoms with Crippen LogP contribution >= 0.6 is 11.8 Å². The maximum Gasteiger partial charge on any atom is 0.0669 e. The summed E-state index contributed by atoms with van der Waals surface area (Å²) >= 11 is 1.76. The van der Waals surface area contributed by atoms with Gasteiger partial charge >= 0.3 is 0 Å². The summed E-state index contributed by atoms with van der Waals surface area (Å²) in [5.41, 5.74) is 1.30. The van der Waals surface area contributed by atoms with E-state index in [0.717, 1.165) is 19.5 Å². The average Bonchev–Trinajstić information content (AvgIpc) is 2.37. The standard InChI is InChI=1S/C14H20N2S/c1-4-12(9-15)10-16(2)11-13-5-7-14(17-3)8-6-13/h5-8,12H,4,10-11H2,1-3H3. The third-order valence-corrected chi connectivity index (χ3v) is 3.56. The van der Waals surface area contributed by atoms with Gasteiger partial charge in [-0.15, -0.1) is 11.8 Å². The van der Waals surface area contributed by atoms with E-state index in [1.807, 2.05) is 0 Å². The topological polar surface area (TPSA) is 27.0 Å². The lowest BCUT2D eigenvalue weighted by molar-refractivity contribution is 0.292. The minimum Gasteiger partial charge on any atom is -0.301 e. The van der Waals surface area contributed by atoms with Crippen molar-refractivity contribution in [3.63, 3.8) is 0 Å². The zero-order valence-corrected chi connectivity index (χ0v) is 11.6. The predicted molar refractivity (Wildman–Crippen MR) is 74.0 cm³/mol. The highest BCUT2D eigenvalue weighted by atomic mass is 32.2. The van der Waals surface area contributed by atoms with Crippen molar-refractivity contribution < 1.29 is 0 Å². The third kappa shape index (κ3) is 4.80. The summed E-state index contributed by atoms with van der Waals surface area (Å²) < 4.78 is 0. The Labute approximate surface area is 109 Å². The predicted octanol–water partition coefficient (Wildman–Crippen LogP) is 3.39. The first-order valence-electron chi connectivity index (χ1n) is 5.90. The van der Waals surface area contributed by atoms with Gasteiger partial charge in [-0.3, -0.25) is 0 Å². The Balaban J connectivity index is 2.50. The second kappa shape index (κ2) is 7.37. The lowest BCUT2D eigenvalue weighted by Gasteiger charge is -2.19. The SMILES string of the molecule is CCC(C#N)CN(C)Cc1ccc(SC)cc1. The molecule has 0 fully saturated rings. The van der Waals surface area contributed by atoms with Crippen LogP contribution < -0.4 is 0 Å². The average molecular weight is 248 g/mol. The van der Waals surface area contributed by atoms with Crippen LogP contribution in [0, 0.1) is 17.2 Å². The van der Waals surface area contributed by atoms with Crippen LogP contribution in [0.25, 0.3) is 0 Å². The van der Waals surface area contributed by atoms with Gasteiger partial charge in [0.2, 0.25) is 0 Å². The molecule has 0 aliphatic heterocycles. The van der Waals surface area contributed by atoms with E-state index in [-0.39, 0.29) is 5.92 Å². The molecule has 1 aromatic rings. The molecule has 0 radical (unpaired) electrons. The van der Waals surface area contributed by atoms with Gasteiger partial charge in [0.1, 0.15) is 0 Å². The zero-order chi connectivity index (χ0) is 12.7. The number of nitrogens with zero attached hydrogens (tertiary/aromatic N) is 2. The molecule has 2 nitrogen and oxygen atoms in total. The van der Waals surface area contributed by atoms with Crippen molar-refractivity contribution in [1.82, 2.24) is 4.90 Å². The van der Waals surface area contributed by atoms with Crippen LogP contribution in [0.15, 0.2) is 29.2 Å². The van der Waals surface area contributed by atoms with Gasteiger partial charge in [0.05, 0.1) is 12.0 Å². The van der Waals surface area contributed by atoms with Crippen LogP contribution in [0.1, 0.15) is 18.9 Å². The zero-order valence-electron chi connectivity index (χ0n) is 10.8. The molecule has 3 heteroatoms. The van der Waals surface area contributed by atoms with Crippen molar-refractivity contribution in [2.45, 2.75) is 24.8 Å². The van der Waals surface area contributed by atoms with Crippen molar-refractivity contribution in [2.75, 3.05) is 19.8 Å². The molecular formula is C14H20N2S. The first-order valence-corrected chi connectivity index (χ1v) is 7.13. The Bertz CT molecular complexity index is 367. The molecule has 1 aromatic carbocycles. The first kappa shape index (κ1) is 14.1. The molecular weight excluding hydrogens is 228 g/mol. The summed E-state index contributed by atoms with van der Waals surface area (Å²) in [7, 11) is 2.07. The van der Waals surface area contributed by atoms with Gasteiger partial charge in [0.25, 0.3) is 0 Å². The number of rotatable bonds is 6. The minimum absolute atomic E-state index is 0.144. The fourth-order valence-corrected chi connectivity index (χ4v) is 2.15. The van der Waals surface area contributed by atoms with E-state index in [9.17, 15) is 0 Å². The number of thioether (sulfide) groups is 1. The highest BCUT2D eigenvalue weighted by Gasteiger charge is 2.08. The van der Waals surface area contributed by atoms with E-state index >= 15 is 0 Å². The summed E-state index contributed by atoms with van der Waals surface area (Å²) in [4.78, 5) is 3.51. The summed E-state index contributed by atoms with van der Waals surface area (Å²) in [6, 6.07) is 11.0. The summed E-state index contributed by atoms with van der Waals surface area (Å²) in [5, 5.41) is 8.93. The number of hydrogen-bond acceptors (Lipinski definition) is 3. The highest BCUT2D eigenvalue weighted by Crippen LogP contribution is 2.16. The van der Waals surface area contributed by atoms with Crippen LogP contribution in [-0.4, -0.2) is 24.7 Å². The summed E-state index contributed by atoms with van der Waals surface area (Å²) in [6.07, 6.45) is 3.01. The molecule has 0 spiro atoms. The Morgan fingerprint density at radius 1 is 1.35 bits per heavy atom. The van der Waals surface area contributed by atoms with Gasteiger partial charge < -0.3 is 4.90 Å². The number of nitriles is 1. The first-order chi connectivity index (χ1) is 8.19. The largest absolute Gasteiger partial charge is 0.301 e. The van der Waals surface area contributed by atoms with Crippen LogP contribution in [0.4, 0.5) is 0 Å². The molecule has 0 aliphatic carbocycles. The van der Waals surface area contributed by atoms with Crippen molar-refractivity contribution in [3.8, 4) is 6.07 Å². The number of hydrogen-bond donors (Lipinski definition) is 0. The second-order valence-electron chi connectivity index (χ2n) is 4.28. The Hall–Kier alpha value is -0.980. The molecule has 17 heavy (non-hydrogen) atoms. The van der Waals surface area contributed by atoms with Crippen molar-refractivity contribution in [2.24, 2.45) is 5.92 Å². The van der Waals surface area contributed by atoms with Gasteiger partial charge in [-0.2, -0.15) is 5.26 Å². The van der Waals surface area contributed by atoms with Crippen molar-refractivity contribution >= 4 is 11.8 Å². The lowest BCUT2D eigenvalue weighted by atomic mass is 10.1. The molecule has 0 N–H and O–H groups in total. The number of benzene rings is 1. The molecule has 0 aromatic heterocycles. The monoisotopic (exact) mass is 248 g/mol. The molecule has 0 saturated heterocycles. The van der Waals surface area contributed by atoms with Crippen LogP contribution in [0.3, 0.4) is 0 Å². The Kier molecular flexibility index (Phi) is 6.10. The molecule has 1 atom stereocenters. The van der Waals surface area contributed by atoms with E-state index in [1.54, 1.807) is 11.8 Å². The fourth-order valence-electron chi connectivity index (χ4n) is 1.74. The molecule has 0 saturated carbocycles. The minimum atomic E-state index is 0.144. The lowest BCUT2D eigenvalue weighted by Crippen LogP contribution is -2.24. The van der Waals surface area contributed by atoms with Gasteiger partial charge in [-0.05, 0) is 37.4 Å². The van der Waals surface area contributed by atoms with Gasteiger partial charge in [-0.1, -0.05) is 19.1 Å². The summed E-state index contributed by atoms with van der Waals surface area (Å²) in [5.74, 6) is 0.144. The Morgan fingerprint density at radius 2 is 2.00 bits per heavy atom. The van der Waals surface area contributed by atoms with Crippen LogP contribution in [0.5, 0.6) is 0 Å². The Morgan fingerprint density at radius 3 is 2.47 bits per heavy atom. The van der Waals surface area contributed by atoms with E-state index in [0.29, 0.717) is 0 Å². The summed E-state index contributed by atoms with van der Waals surface area (Å²) in [6.45, 7) is 3.82. The molecule has 0 aliphatic rings. The highest BCUT2D eigenvalue weighted by molar-refractivity contribution is 7.98. The normalized spacial score (nSPS) is 12.4. The quantitative estimate of drug-likeness (QED) is 0.722. The molecule has 0 bridgehead atoms. The fraction of sp³-hybridized carbons (Fsp3) is 0.500. The second-order valence-corrected chi connectivity index (χ2v) is 5.16. The molecule has 1 unspecified atom stereocenters. The van der Waals surface area contributed by atoms with Gasteiger partial charge in [-0.25, -0.2) is 0 Å². The third-order valence-electron chi connectivity index (χ3n) is 2.82. The molecule has 0 amide bonds. The van der Waals surface area contributed by atoms with Gasteiger partial charge in [0.15, 0.2) is 0 Å². The van der Waals surface area contributed by atoms with Crippen LogP contribution in [-0.2, 0) is 6.54 Å². The van der Waals surface area contributed by atoms with Crippen LogP contribution in [0.2, 0.25) is 0 Å². The maximum atomic E-state index is 8.93. The van der Waals surface area contributed by atoms with E-state index in [4.69, 9.17) is 5.26 Å². The van der Waals surface area contributed by atoms with E-state index < -0.39 is 0 Å². The maximum absolute atomic E-state index is 8.93.